The van der Waals surface area contributed by atoms with Crippen molar-refractivity contribution in [1.82, 2.24) is 19.4 Å². The van der Waals surface area contributed by atoms with Gasteiger partial charge in [0, 0.05) is 38.8 Å². The molecule has 5 rings (SSSR count). The Hall–Kier alpha value is -3.33. The van der Waals surface area contributed by atoms with Crippen LogP contribution in [0.1, 0.15) is 35.2 Å². The van der Waals surface area contributed by atoms with Crippen molar-refractivity contribution in [3.05, 3.63) is 63.9 Å². The van der Waals surface area contributed by atoms with E-state index in [1.54, 1.807) is 32.4 Å². The first kappa shape index (κ1) is 25.3. The minimum atomic E-state index is -0.110. The molecular weight excluding hydrogens is 488 g/mol. The third-order valence-corrected chi connectivity index (χ3v) is 8.59. The predicted molar refractivity (Wildman–Crippen MR) is 144 cm³/mol. The van der Waals surface area contributed by atoms with E-state index in [0.29, 0.717) is 54.2 Å². The van der Waals surface area contributed by atoms with Crippen LogP contribution in [0.2, 0.25) is 0 Å². The van der Waals surface area contributed by atoms with Crippen LogP contribution in [0, 0.1) is 5.41 Å². The Labute approximate surface area is 220 Å². The van der Waals surface area contributed by atoms with Gasteiger partial charge in [-0.1, -0.05) is 23.9 Å². The van der Waals surface area contributed by atoms with Gasteiger partial charge in [-0.2, -0.15) is 0 Å². The summed E-state index contributed by atoms with van der Waals surface area (Å²) in [6.07, 6.45) is 4.98. The van der Waals surface area contributed by atoms with E-state index in [9.17, 15) is 14.4 Å². The van der Waals surface area contributed by atoms with Crippen LogP contribution in [0.15, 0.2) is 52.4 Å². The fourth-order valence-electron chi connectivity index (χ4n) is 5.56. The molecule has 0 aliphatic carbocycles. The molecule has 2 aromatic carbocycles. The van der Waals surface area contributed by atoms with Crippen molar-refractivity contribution >= 4 is 34.5 Å². The lowest BCUT2D eigenvalue weighted by atomic mass is 9.77. The van der Waals surface area contributed by atoms with E-state index in [0.717, 1.165) is 30.6 Å². The van der Waals surface area contributed by atoms with Gasteiger partial charge in [0.1, 0.15) is 5.75 Å². The maximum atomic E-state index is 13.4. The van der Waals surface area contributed by atoms with Crippen molar-refractivity contribution in [3.63, 3.8) is 0 Å². The van der Waals surface area contributed by atoms with Crippen LogP contribution in [-0.4, -0.2) is 70.7 Å². The summed E-state index contributed by atoms with van der Waals surface area (Å²) in [6.45, 7) is 2.83. The zero-order valence-electron chi connectivity index (χ0n) is 21.5. The van der Waals surface area contributed by atoms with Gasteiger partial charge in [0.2, 0.25) is 5.91 Å². The molecule has 2 aliphatic heterocycles. The van der Waals surface area contributed by atoms with Crippen LogP contribution in [0.3, 0.4) is 0 Å². The minimum Gasteiger partial charge on any atom is -0.497 e. The Kier molecular flexibility index (Phi) is 6.98. The number of piperidine rings is 1. The lowest BCUT2D eigenvalue weighted by Gasteiger charge is -2.39. The molecule has 2 fully saturated rings. The number of carbonyl (C=O) groups excluding carboxylic acids is 2. The summed E-state index contributed by atoms with van der Waals surface area (Å²) in [5, 5.41) is 1.13. The van der Waals surface area contributed by atoms with Crippen molar-refractivity contribution in [2.24, 2.45) is 12.5 Å². The molecule has 0 atom stereocenters. The summed E-state index contributed by atoms with van der Waals surface area (Å²) in [6, 6.07) is 12.8. The molecular formula is C28H32N4O4S. The molecule has 194 valence electrons. The zero-order valence-corrected chi connectivity index (χ0v) is 22.3. The molecule has 8 nitrogen and oxygen atoms in total. The summed E-state index contributed by atoms with van der Waals surface area (Å²) in [5.74, 6) is 0.866. The number of ether oxygens (including phenoxy) is 1. The maximum Gasteiger partial charge on any atom is 0.261 e. The average Bonchev–Trinajstić information content (AvgIpc) is 3.33. The summed E-state index contributed by atoms with van der Waals surface area (Å²) < 4.78 is 6.81. The largest absolute Gasteiger partial charge is 0.497 e. The van der Waals surface area contributed by atoms with Gasteiger partial charge < -0.3 is 14.5 Å². The Morgan fingerprint density at radius 1 is 1.05 bits per heavy atom. The maximum absolute atomic E-state index is 13.4. The average molecular weight is 521 g/mol. The van der Waals surface area contributed by atoms with Gasteiger partial charge in [0.15, 0.2) is 5.16 Å². The number of carbonyl (C=O) groups is 2. The topological polar surface area (TPSA) is 84.7 Å². The van der Waals surface area contributed by atoms with E-state index in [2.05, 4.69) is 4.98 Å². The van der Waals surface area contributed by atoms with Gasteiger partial charge >= 0.3 is 0 Å². The number of benzene rings is 2. The van der Waals surface area contributed by atoms with E-state index in [-0.39, 0.29) is 22.8 Å². The van der Waals surface area contributed by atoms with E-state index >= 15 is 0 Å². The van der Waals surface area contributed by atoms with E-state index < -0.39 is 0 Å². The van der Waals surface area contributed by atoms with Gasteiger partial charge in [-0.3, -0.25) is 19.0 Å². The quantitative estimate of drug-likeness (QED) is 0.379. The van der Waals surface area contributed by atoms with Crippen LogP contribution in [0.5, 0.6) is 5.75 Å². The van der Waals surface area contributed by atoms with E-state index in [1.807, 2.05) is 40.3 Å². The SMILES string of the molecule is COc1cccc(CC(=O)N2CCC3(CC2)CCN(C(=O)c2ccc4c(=O)n(C)c(SC)nc4c2)C3)c1. The molecule has 2 amide bonds. The Bertz CT molecular complexity index is 1410. The van der Waals surface area contributed by atoms with E-state index in [4.69, 9.17) is 4.74 Å². The highest BCUT2D eigenvalue weighted by atomic mass is 32.2. The van der Waals surface area contributed by atoms with Crippen LogP contribution < -0.4 is 10.3 Å². The third kappa shape index (κ3) is 4.97. The second-order valence-corrected chi connectivity index (χ2v) is 10.9. The normalized spacial score (nSPS) is 16.9. The second kappa shape index (κ2) is 10.2. The number of methoxy groups -OCH3 is 1. The molecule has 0 saturated carbocycles. The van der Waals surface area contributed by atoms with Gasteiger partial charge in [-0.25, -0.2) is 4.98 Å². The van der Waals surface area contributed by atoms with Crippen LogP contribution in [0.4, 0.5) is 0 Å². The number of aromatic nitrogens is 2. The number of rotatable bonds is 5. The summed E-state index contributed by atoms with van der Waals surface area (Å²) in [7, 11) is 3.34. The third-order valence-electron chi connectivity index (χ3n) is 7.86. The highest BCUT2D eigenvalue weighted by Gasteiger charge is 2.42. The van der Waals surface area contributed by atoms with Crippen molar-refractivity contribution in [1.29, 1.82) is 0 Å². The van der Waals surface area contributed by atoms with Crippen molar-refractivity contribution < 1.29 is 14.3 Å². The summed E-state index contributed by atoms with van der Waals surface area (Å²) in [4.78, 5) is 47.4. The van der Waals surface area contributed by atoms with E-state index in [1.165, 1.54) is 16.3 Å². The van der Waals surface area contributed by atoms with Crippen molar-refractivity contribution in [2.75, 3.05) is 39.5 Å². The number of hydrogen-bond acceptors (Lipinski definition) is 6. The Morgan fingerprint density at radius 2 is 1.78 bits per heavy atom. The van der Waals surface area contributed by atoms with Gasteiger partial charge in [-0.05, 0) is 66.8 Å². The smallest absolute Gasteiger partial charge is 0.261 e. The van der Waals surface area contributed by atoms with Gasteiger partial charge in [0.05, 0.1) is 24.4 Å². The first-order chi connectivity index (χ1) is 17.8. The molecule has 0 radical (unpaired) electrons. The molecule has 2 aliphatic rings. The van der Waals surface area contributed by atoms with Crippen molar-refractivity contribution in [3.8, 4) is 5.75 Å². The molecule has 2 saturated heterocycles. The molecule has 3 aromatic rings. The fraction of sp³-hybridized carbons (Fsp3) is 0.429. The molecule has 0 N–H and O–H groups in total. The first-order valence-electron chi connectivity index (χ1n) is 12.6. The number of fused-ring (bicyclic) bond motifs is 1. The van der Waals surface area contributed by atoms with Crippen LogP contribution >= 0.6 is 11.8 Å². The van der Waals surface area contributed by atoms with Gasteiger partial charge in [0.25, 0.3) is 11.5 Å². The Morgan fingerprint density at radius 3 is 2.49 bits per heavy atom. The molecule has 3 heterocycles. The molecule has 0 bridgehead atoms. The fourth-order valence-corrected chi connectivity index (χ4v) is 6.11. The number of amides is 2. The van der Waals surface area contributed by atoms with Crippen molar-refractivity contribution in [2.45, 2.75) is 30.8 Å². The van der Waals surface area contributed by atoms with Crippen LogP contribution in [-0.2, 0) is 18.3 Å². The number of hydrogen-bond donors (Lipinski definition) is 0. The highest BCUT2D eigenvalue weighted by molar-refractivity contribution is 7.98. The first-order valence-corrected chi connectivity index (χ1v) is 13.8. The molecule has 1 spiro atoms. The standard InChI is InChI=1S/C28H32N4O4S/c1-30-26(35)22-8-7-20(17-23(22)29-27(30)37-3)25(34)32-14-11-28(18-32)9-12-31(13-10-28)24(33)16-19-5-4-6-21(15-19)36-2/h4-8,15,17H,9-14,16,18H2,1-3H3. The summed E-state index contributed by atoms with van der Waals surface area (Å²) in [5.41, 5.74) is 2.01. The number of nitrogens with zero attached hydrogens (tertiary/aromatic N) is 4. The lowest BCUT2D eigenvalue weighted by Crippen LogP contribution is -2.45. The summed E-state index contributed by atoms with van der Waals surface area (Å²) >= 11 is 1.41. The number of likely N-dealkylation sites (tertiary alicyclic amines) is 2. The molecule has 9 heteroatoms. The lowest BCUT2D eigenvalue weighted by molar-refractivity contribution is -0.132. The highest BCUT2D eigenvalue weighted by Crippen LogP contribution is 2.41. The number of thioether (sulfide) groups is 1. The predicted octanol–water partition coefficient (Wildman–Crippen LogP) is 3.36. The zero-order chi connectivity index (χ0) is 26.2. The monoisotopic (exact) mass is 520 g/mol. The van der Waals surface area contributed by atoms with Gasteiger partial charge in [-0.15, -0.1) is 0 Å². The second-order valence-electron chi connectivity index (χ2n) is 10.1. The minimum absolute atomic E-state index is 0.0246. The Balaban J connectivity index is 1.23. The molecule has 37 heavy (non-hydrogen) atoms. The molecule has 0 unspecified atom stereocenters. The molecule has 1 aromatic heterocycles. The van der Waals surface area contributed by atoms with Crippen LogP contribution in [0.25, 0.3) is 10.9 Å².